The highest BCUT2D eigenvalue weighted by Crippen LogP contribution is 2.32. The molecule has 2 rings (SSSR count). The van der Waals surface area contributed by atoms with Crippen molar-refractivity contribution in [3.63, 3.8) is 0 Å². The zero-order valence-corrected chi connectivity index (χ0v) is 13.0. The van der Waals surface area contributed by atoms with E-state index in [0.29, 0.717) is 11.1 Å². The second-order valence-electron chi connectivity index (χ2n) is 5.10. The Balaban J connectivity index is 2.24. The van der Waals surface area contributed by atoms with Crippen LogP contribution in [0.5, 0.6) is 0 Å². The maximum absolute atomic E-state index is 14.0. The van der Waals surface area contributed by atoms with Crippen molar-refractivity contribution in [1.29, 1.82) is 0 Å². The van der Waals surface area contributed by atoms with Crippen LogP contribution in [-0.4, -0.2) is 38.2 Å². The van der Waals surface area contributed by atoms with Gasteiger partial charge in [0.25, 0.3) is 0 Å². The molecule has 0 aliphatic heterocycles. The minimum absolute atomic E-state index is 0.0967. The van der Waals surface area contributed by atoms with Crippen molar-refractivity contribution in [1.82, 2.24) is 10.0 Å². The minimum atomic E-state index is -3.45. The van der Waals surface area contributed by atoms with E-state index in [1.165, 1.54) is 6.07 Å². The lowest BCUT2D eigenvalue weighted by atomic mass is 9.98. The first-order valence-corrected chi connectivity index (χ1v) is 8.52. The molecule has 0 bridgehead atoms. The molecule has 23 heavy (non-hydrogen) atoms. The number of hydrogen-bond acceptors (Lipinski definition) is 4. The summed E-state index contributed by atoms with van der Waals surface area (Å²) in [5, 5.41) is 10.7. The normalized spacial score (nSPS) is 16.2. The number of hydrogen-bond donors (Lipinski definition) is 3. The fourth-order valence-electron chi connectivity index (χ4n) is 2.33. The largest absolute Gasteiger partial charge is 0.480 e. The van der Waals surface area contributed by atoms with Crippen molar-refractivity contribution in [3.05, 3.63) is 40.7 Å². The van der Waals surface area contributed by atoms with Crippen LogP contribution in [0.15, 0.2) is 18.2 Å². The molecule has 0 radical (unpaired) electrons. The summed E-state index contributed by atoms with van der Waals surface area (Å²) in [6.45, 7) is -0.552. The molecule has 0 heterocycles. The summed E-state index contributed by atoms with van der Waals surface area (Å²) in [5.74, 6) is -2.44. The number of sulfonamides is 1. The summed E-state index contributed by atoms with van der Waals surface area (Å²) in [5.41, 5.74) is 1.06. The Labute approximate surface area is 132 Å². The van der Waals surface area contributed by atoms with Crippen molar-refractivity contribution >= 4 is 28.0 Å². The SMILES string of the molecule is CS(=O)(=O)NC1C=Cc2c1ccc(F)c2CC(=O)NCC(=O)O. The van der Waals surface area contributed by atoms with Gasteiger partial charge in [-0.15, -0.1) is 0 Å². The molecule has 1 unspecified atom stereocenters. The first-order valence-electron chi connectivity index (χ1n) is 6.62. The van der Waals surface area contributed by atoms with Crippen molar-refractivity contribution in [2.45, 2.75) is 12.5 Å². The van der Waals surface area contributed by atoms with Crippen LogP contribution in [-0.2, 0) is 26.0 Å². The fourth-order valence-corrected chi connectivity index (χ4v) is 3.00. The van der Waals surface area contributed by atoms with Gasteiger partial charge in [-0.05, 0) is 17.2 Å². The Kier molecular flexibility index (Phi) is 4.81. The molecule has 1 aliphatic carbocycles. The van der Waals surface area contributed by atoms with E-state index < -0.39 is 40.3 Å². The number of benzene rings is 1. The molecule has 1 aromatic carbocycles. The minimum Gasteiger partial charge on any atom is -0.480 e. The van der Waals surface area contributed by atoms with Gasteiger partial charge in [-0.1, -0.05) is 18.2 Å². The quantitative estimate of drug-likeness (QED) is 0.683. The summed E-state index contributed by atoms with van der Waals surface area (Å²) in [7, 11) is -3.45. The third kappa shape index (κ3) is 4.36. The third-order valence-electron chi connectivity index (χ3n) is 3.24. The van der Waals surface area contributed by atoms with Crippen molar-refractivity contribution in [3.8, 4) is 0 Å². The van der Waals surface area contributed by atoms with Gasteiger partial charge in [0.05, 0.1) is 18.7 Å². The number of nitrogens with one attached hydrogen (secondary N) is 2. The predicted octanol–water partition coefficient (Wildman–Crippen LogP) is 0.186. The highest BCUT2D eigenvalue weighted by molar-refractivity contribution is 7.88. The van der Waals surface area contributed by atoms with Gasteiger partial charge in [-0.2, -0.15) is 0 Å². The van der Waals surface area contributed by atoms with Gasteiger partial charge in [0, 0.05) is 5.56 Å². The van der Waals surface area contributed by atoms with E-state index in [-0.39, 0.29) is 12.0 Å². The number of rotatable bonds is 6. The topological polar surface area (TPSA) is 113 Å². The van der Waals surface area contributed by atoms with E-state index in [1.807, 2.05) is 0 Å². The predicted molar refractivity (Wildman–Crippen MR) is 80.5 cm³/mol. The van der Waals surface area contributed by atoms with Crippen molar-refractivity contribution in [2.24, 2.45) is 0 Å². The smallest absolute Gasteiger partial charge is 0.322 e. The molecule has 9 heteroatoms. The first kappa shape index (κ1) is 17.1. The molecule has 1 aliphatic rings. The molecule has 3 N–H and O–H groups in total. The van der Waals surface area contributed by atoms with Crippen LogP contribution in [0, 0.1) is 5.82 Å². The Hall–Kier alpha value is -2.26. The van der Waals surface area contributed by atoms with Crippen LogP contribution in [0.3, 0.4) is 0 Å². The number of amides is 1. The van der Waals surface area contributed by atoms with Gasteiger partial charge in [0.15, 0.2) is 0 Å². The fraction of sp³-hybridized carbons (Fsp3) is 0.286. The van der Waals surface area contributed by atoms with Crippen molar-refractivity contribution < 1.29 is 27.5 Å². The number of carboxylic acid groups (broad SMARTS) is 1. The molecule has 7 nitrogen and oxygen atoms in total. The van der Waals surface area contributed by atoms with E-state index in [2.05, 4.69) is 10.0 Å². The molecule has 0 aromatic heterocycles. The number of fused-ring (bicyclic) bond motifs is 1. The van der Waals surface area contributed by atoms with Crippen LogP contribution in [0.1, 0.15) is 22.7 Å². The molecule has 1 amide bonds. The summed E-state index contributed by atoms with van der Waals surface area (Å²) in [6.07, 6.45) is 3.78. The van der Waals surface area contributed by atoms with E-state index in [1.54, 1.807) is 12.2 Å². The monoisotopic (exact) mass is 342 g/mol. The summed E-state index contributed by atoms with van der Waals surface area (Å²) >= 11 is 0. The van der Waals surface area contributed by atoms with Gasteiger partial charge >= 0.3 is 5.97 Å². The van der Waals surface area contributed by atoms with Crippen LogP contribution in [0.2, 0.25) is 0 Å². The number of carbonyl (C=O) groups excluding carboxylic acids is 1. The second kappa shape index (κ2) is 6.47. The van der Waals surface area contributed by atoms with Crippen LogP contribution < -0.4 is 10.0 Å². The Morgan fingerprint density at radius 2 is 2.04 bits per heavy atom. The van der Waals surface area contributed by atoms with E-state index >= 15 is 0 Å². The standard InChI is InChI=1S/C14H15FN2O5S/c1-23(21,22)17-12-5-3-8-9(12)2-4-11(15)10(8)6-13(18)16-7-14(19)20/h2-5,12,17H,6-7H2,1H3,(H,16,18)(H,19,20). The lowest BCUT2D eigenvalue weighted by Crippen LogP contribution is -2.31. The maximum atomic E-state index is 14.0. The van der Waals surface area contributed by atoms with Crippen molar-refractivity contribution in [2.75, 3.05) is 12.8 Å². The molecule has 0 fully saturated rings. The van der Waals surface area contributed by atoms with Gasteiger partial charge in [0.1, 0.15) is 12.4 Å². The Morgan fingerprint density at radius 3 is 2.65 bits per heavy atom. The number of carboxylic acids is 1. The summed E-state index contributed by atoms with van der Waals surface area (Å²) in [6, 6.07) is 1.98. The number of aliphatic carboxylic acids is 1. The average Bonchev–Trinajstić information content (AvgIpc) is 2.81. The molecular weight excluding hydrogens is 327 g/mol. The highest BCUT2D eigenvalue weighted by atomic mass is 32.2. The zero-order valence-electron chi connectivity index (χ0n) is 12.2. The van der Waals surface area contributed by atoms with Gasteiger partial charge in [0.2, 0.25) is 15.9 Å². The maximum Gasteiger partial charge on any atom is 0.322 e. The molecular formula is C14H15FN2O5S. The first-order chi connectivity index (χ1) is 10.7. The van der Waals surface area contributed by atoms with Gasteiger partial charge in [-0.25, -0.2) is 17.5 Å². The van der Waals surface area contributed by atoms with E-state index in [0.717, 1.165) is 12.3 Å². The van der Waals surface area contributed by atoms with Gasteiger partial charge < -0.3 is 10.4 Å². The molecule has 0 saturated heterocycles. The van der Waals surface area contributed by atoms with Gasteiger partial charge in [-0.3, -0.25) is 9.59 Å². The Bertz CT molecular complexity index is 789. The molecule has 1 atom stereocenters. The highest BCUT2D eigenvalue weighted by Gasteiger charge is 2.25. The summed E-state index contributed by atoms with van der Waals surface area (Å²) in [4.78, 5) is 22.1. The third-order valence-corrected chi connectivity index (χ3v) is 3.92. The van der Waals surface area contributed by atoms with Crippen LogP contribution in [0.25, 0.3) is 6.08 Å². The lowest BCUT2D eigenvalue weighted by Gasteiger charge is -2.14. The van der Waals surface area contributed by atoms with Crippen LogP contribution in [0.4, 0.5) is 4.39 Å². The Morgan fingerprint density at radius 1 is 1.35 bits per heavy atom. The van der Waals surface area contributed by atoms with E-state index in [9.17, 15) is 22.4 Å². The average molecular weight is 342 g/mol. The lowest BCUT2D eigenvalue weighted by molar-refractivity contribution is -0.137. The molecule has 0 saturated carbocycles. The number of carbonyl (C=O) groups is 2. The molecule has 1 aromatic rings. The van der Waals surface area contributed by atoms with E-state index in [4.69, 9.17) is 5.11 Å². The molecule has 124 valence electrons. The van der Waals surface area contributed by atoms with Crippen LogP contribution >= 0.6 is 0 Å². The number of halogens is 1. The molecule has 0 spiro atoms. The summed E-state index contributed by atoms with van der Waals surface area (Å²) < 4.78 is 39.1. The second-order valence-corrected chi connectivity index (χ2v) is 6.88. The zero-order chi connectivity index (χ0) is 17.2.